The van der Waals surface area contributed by atoms with Crippen molar-refractivity contribution in [2.45, 2.75) is 24.9 Å². The van der Waals surface area contributed by atoms with Gasteiger partial charge in [0.1, 0.15) is 11.3 Å². The van der Waals surface area contributed by atoms with Gasteiger partial charge in [-0.3, -0.25) is 9.78 Å². The predicted molar refractivity (Wildman–Crippen MR) is 90.6 cm³/mol. The smallest absolute Gasteiger partial charge is 0.267 e. The fourth-order valence-corrected chi connectivity index (χ4v) is 4.66. The van der Waals surface area contributed by atoms with Gasteiger partial charge in [0.15, 0.2) is 0 Å². The van der Waals surface area contributed by atoms with Crippen molar-refractivity contribution in [2.75, 3.05) is 40.5 Å². The van der Waals surface area contributed by atoms with Crippen LogP contribution in [0.4, 0.5) is 0 Å². The number of piperidine rings is 1. The molecule has 0 spiro atoms. The van der Waals surface area contributed by atoms with Crippen LogP contribution in [0.25, 0.3) is 0 Å². The summed E-state index contributed by atoms with van der Waals surface area (Å²) in [6.45, 7) is 3.68. The predicted octanol–water partition coefficient (Wildman–Crippen LogP) is 1.40. The lowest BCUT2D eigenvalue weighted by atomic mass is 9.62. The summed E-state index contributed by atoms with van der Waals surface area (Å²) >= 11 is 0. The molecule has 2 fully saturated rings. The number of rotatable bonds is 6. The standard InChI is InChI=1S/C18H27N3O3/c1-23-9-8-21-11-14-4-3-5-15(12-21)18(14,24-2)13-6-7-20-16(10-13)17(19)22/h6-7,10,14-15H,3-5,8-9,11-12H2,1-2H3,(H2,19,22)/t14-,15+,18?. The van der Waals surface area contributed by atoms with Gasteiger partial charge in [-0.15, -0.1) is 0 Å². The maximum Gasteiger partial charge on any atom is 0.267 e. The summed E-state index contributed by atoms with van der Waals surface area (Å²) < 4.78 is 11.4. The highest BCUT2D eigenvalue weighted by molar-refractivity contribution is 5.90. The number of nitrogens with two attached hydrogens (primary N) is 1. The zero-order chi connectivity index (χ0) is 17.2. The van der Waals surface area contributed by atoms with Crippen LogP contribution in [-0.4, -0.2) is 56.3 Å². The first-order chi connectivity index (χ1) is 11.6. The number of carbonyl (C=O) groups excluding carboxylic acids is 1. The molecular weight excluding hydrogens is 306 g/mol. The summed E-state index contributed by atoms with van der Waals surface area (Å²) in [4.78, 5) is 18.1. The van der Waals surface area contributed by atoms with E-state index in [0.717, 1.165) is 44.6 Å². The molecule has 1 aromatic rings. The van der Waals surface area contributed by atoms with Crippen molar-refractivity contribution < 1.29 is 14.3 Å². The van der Waals surface area contributed by atoms with E-state index in [-0.39, 0.29) is 5.60 Å². The lowest BCUT2D eigenvalue weighted by Gasteiger charge is -2.55. The second-order valence-electron chi connectivity index (χ2n) is 6.87. The summed E-state index contributed by atoms with van der Waals surface area (Å²) in [5, 5.41) is 0. The third-order valence-electron chi connectivity index (χ3n) is 5.69. The summed E-state index contributed by atoms with van der Waals surface area (Å²) in [6.07, 6.45) is 5.15. The molecule has 1 aliphatic carbocycles. The van der Waals surface area contributed by atoms with Gasteiger partial charge < -0.3 is 20.1 Å². The number of carbonyl (C=O) groups is 1. The monoisotopic (exact) mass is 333 g/mol. The topological polar surface area (TPSA) is 77.7 Å². The zero-order valence-electron chi connectivity index (χ0n) is 14.5. The maximum absolute atomic E-state index is 11.5. The summed E-state index contributed by atoms with van der Waals surface area (Å²) in [6, 6.07) is 3.80. The lowest BCUT2D eigenvalue weighted by Crippen LogP contribution is -2.59. The molecule has 1 unspecified atom stereocenters. The van der Waals surface area contributed by atoms with Crippen LogP contribution in [0.3, 0.4) is 0 Å². The Morgan fingerprint density at radius 1 is 1.38 bits per heavy atom. The van der Waals surface area contributed by atoms with Crippen LogP contribution in [0.2, 0.25) is 0 Å². The Labute approximate surface area is 143 Å². The second-order valence-corrected chi connectivity index (χ2v) is 6.87. The summed E-state index contributed by atoms with van der Waals surface area (Å²) in [5.74, 6) is 0.302. The Bertz CT molecular complexity index is 579. The van der Waals surface area contributed by atoms with Gasteiger partial charge in [0.2, 0.25) is 0 Å². The van der Waals surface area contributed by atoms with Gasteiger partial charge in [0, 0.05) is 51.9 Å². The third-order valence-corrected chi connectivity index (χ3v) is 5.69. The van der Waals surface area contributed by atoms with E-state index >= 15 is 0 Å². The van der Waals surface area contributed by atoms with Gasteiger partial charge in [0.05, 0.1) is 6.61 Å². The second kappa shape index (κ2) is 7.17. The summed E-state index contributed by atoms with van der Waals surface area (Å²) in [7, 11) is 3.53. The van der Waals surface area contributed by atoms with Crippen molar-refractivity contribution in [1.29, 1.82) is 0 Å². The van der Waals surface area contributed by atoms with E-state index < -0.39 is 5.91 Å². The molecule has 2 aliphatic rings. The van der Waals surface area contributed by atoms with Gasteiger partial charge in [-0.25, -0.2) is 0 Å². The molecule has 6 nitrogen and oxygen atoms in total. The third kappa shape index (κ3) is 2.94. The molecule has 1 amide bonds. The number of pyridine rings is 1. The number of hydrogen-bond donors (Lipinski definition) is 1. The molecule has 2 bridgehead atoms. The van der Waals surface area contributed by atoms with Crippen LogP contribution in [0.5, 0.6) is 0 Å². The first-order valence-electron chi connectivity index (χ1n) is 8.64. The highest BCUT2D eigenvalue weighted by Gasteiger charge is 2.53. The SMILES string of the molecule is COCCN1C[C@H]2CCC[C@@H](C1)C2(OC)c1ccnc(C(N)=O)c1. The molecule has 1 saturated heterocycles. The van der Waals surface area contributed by atoms with E-state index in [1.54, 1.807) is 20.4 Å². The Kier molecular flexibility index (Phi) is 5.18. The van der Waals surface area contributed by atoms with E-state index in [1.807, 2.05) is 12.1 Å². The van der Waals surface area contributed by atoms with E-state index in [9.17, 15) is 4.79 Å². The normalized spacial score (nSPS) is 30.2. The lowest BCUT2D eigenvalue weighted by molar-refractivity contribution is -0.170. The molecule has 1 aromatic heterocycles. The molecule has 3 atom stereocenters. The Morgan fingerprint density at radius 3 is 2.67 bits per heavy atom. The van der Waals surface area contributed by atoms with Gasteiger partial charge >= 0.3 is 0 Å². The maximum atomic E-state index is 11.5. The molecule has 2 heterocycles. The van der Waals surface area contributed by atoms with Crippen molar-refractivity contribution in [2.24, 2.45) is 17.6 Å². The van der Waals surface area contributed by atoms with E-state index in [0.29, 0.717) is 17.5 Å². The van der Waals surface area contributed by atoms with Crippen LogP contribution in [0.1, 0.15) is 35.3 Å². The molecule has 132 valence electrons. The minimum absolute atomic E-state index is 0.309. The molecule has 24 heavy (non-hydrogen) atoms. The largest absolute Gasteiger partial charge is 0.383 e. The number of methoxy groups -OCH3 is 2. The number of ether oxygens (including phenoxy) is 2. The first-order valence-corrected chi connectivity index (χ1v) is 8.64. The number of fused-ring (bicyclic) bond motifs is 2. The number of nitrogens with zero attached hydrogens (tertiary/aromatic N) is 2. The van der Waals surface area contributed by atoms with E-state index in [1.165, 1.54) is 6.42 Å². The zero-order valence-corrected chi connectivity index (χ0v) is 14.5. The Balaban J connectivity index is 1.94. The minimum atomic E-state index is -0.495. The number of hydrogen-bond acceptors (Lipinski definition) is 5. The molecule has 3 rings (SSSR count). The number of amides is 1. The molecular formula is C18H27N3O3. The minimum Gasteiger partial charge on any atom is -0.383 e. The van der Waals surface area contributed by atoms with Crippen LogP contribution >= 0.6 is 0 Å². The van der Waals surface area contributed by atoms with Crippen LogP contribution in [0.15, 0.2) is 18.3 Å². The molecule has 0 radical (unpaired) electrons. The highest BCUT2D eigenvalue weighted by atomic mass is 16.5. The quantitative estimate of drug-likeness (QED) is 0.851. The fourth-order valence-electron chi connectivity index (χ4n) is 4.66. The van der Waals surface area contributed by atoms with Crippen molar-refractivity contribution in [1.82, 2.24) is 9.88 Å². The summed E-state index contributed by atoms with van der Waals surface area (Å²) in [5.41, 5.74) is 6.42. The fraction of sp³-hybridized carbons (Fsp3) is 0.667. The highest BCUT2D eigenvalue weighted by Crippen LogP contribution is 2.51. The van der Waals surface area contributed by atoms with Crippen molar-refractivity contribution >= 4 is 5.91 Å². The van der Waals surface area contributed by atoms with Gasteiger partial charge in [-0.2, -0.15) is 0 Å². The van der Waals surface area contributed by atoms with Crippen LogP contribution in [-0.2, 0) is 15.1 Å². The Hall–Kier alpha value is -1.50. The first kappa shape index (κ1) is 17.3. The van der Waals surface area contributed by atoms with Crippen molar-refractivity contribution in [3.05, 3.63) is 29.6 Å². The number of likely N-dealkylation sites (tertiary alicyclic amines) is 1. The van der Waals surface area contributed by atoms with Gasteiger partial charge in [0.25, 0.3) is 5.91 Å². The average Bonchev–Trinajstić information content (AvgIpc) is 2.59. The van der Waals surface area contributed by atoms with Gasteiger partial charge in [-0.1, -0.05) is 6.42 Å². The van der Waals surface area contributed by atoms with Crippen LogP contribution < -0.4 is 5.73 Å². The van der Waals surface area contributed by atoms with E-state index in [2.05, 4.69) is 9.88 Å². The average molecular weight is 333 g/mol. The molecule has 1 aliphatic heterocycles. The number of primary amides is 1. The molecule has 0 aromatic carbocycles. The van der Waals surface area contributed by atoms with Gasteiger partial charge in [-0.05, 0) is 30.5 Å². The molecule has 6 heteroatoms. The van der Waals surface area contributed by atoms with Crippen molar-refractivity contribution in [3.63, 3.8) is 0 Å². The molecule has 2 N–H and O–H groups in total. The van der Waals surface area contributed by atoms with Crippen molar-refractivity contribution in [3.8, 4) is 0 Å². The van der Waals surface area contributed by atoms with E-state index in [4.69, 9.17) is 15.2 Å². The number of aromatic nitrogens is 1. The molecule has 1 saturated carbocycles. The Morgan fingerprint density at radius 2 is 2.08 bits per heavy atom. The van der Waals surface area contributed by atoms with Crippen LogP contribution in [0, 0.1) is 11.8 Å².